The molecule has 2 N–H and O–H groups in total. The number of fused-ring (bicyclic) bond motifs is 2. The lowest BCUT2D eigenvalue weighted by Crippen LogP contribution is -2.42. The fraction of sp³-hybridized carbons (Fsp3) is 0.355. The maximum atomic E-state index is 13.3. The van der Waals surface area contributed by atoms with Crippen LogP contribution in [0.15, 0.2) is 59.7 Å². The normalized spacial score (nSPS) is 15.4. The number of hydrogen-bond donors (Lipinski definition) is 2. The summed E-state index contributed by atoms with van der Waals surface area (Å²) in [7, 11) is -3.34. The third kappa shape index (κ3) is 6.17. The number of sulfonamides is 1. The van der Waals surface area contributed by atoms with Crippen molar-refractivity contribution in [3.8, 4) is 5.69 Å². The summed E-state index contributed by atoms with van der Waals surface area (Å²) < 4.78 is 33.9. The van der Waals surface area contributed by atoms with Crippen LogP contribution in [0.4, 0.5) is 11.6 Å². The maximum Gasteiger partial charge on any atom is 0.256 e. The molecule has 224 valence electrons. The van der Waals surface area contributed by atoms with Gasteiger partial charge in [-0.05, 0) is 73.6 Å². The highest BCUT2D eigenvalue weighted by molar-refractivity contribution is 7.89. The lowest BCUT2D eigenvalue weighted by atomic mass is 10.1. The quantitative estimate of drug-likeness (QED) is 0.299. The highest BCUT2D eigenvalue weighted by Gasteiger charge is 2.24. The van der Waals surface area contributed by atoms with Crippen LogP contribution in [0.2, 0.25) is 0 Å². The van der Waals surface area contributed by atoms with E-state index in [9.17, 15) is 18.0 Å². The predicted octanol–water partition coefficient (Wildman–Crippen LogP) is 2.97. The van der Waals surface area contributed by atoms with Crippen LogP contribution in [-0.2, 0) is 34.0 Å². The summed E-state index contributed by atoms with van der Waals surface area (Å²) in [6, 6.07) is 13.6. The van der Waals surface area contributed by atoms with E-state index in [0.717, 1.165) is 30.5 Å². The van der Waals surface area contributed by atoms with Gasteiger partial charge in [-0.15, -0.1) is 0 Å². The van der Waals surface area contributed by atoms with Crippen molar-refractivity contribution in [3.05, 3.63) is 87.3 Å². The second-order valence-electron chi connectivity index (χ2n) is 10.7. The number of anilines is 2. The van der Waals surface area contributed by atoms with Gasteiger partial charge >= 0.3 is 0 Å². The molecule has 1 amide bonds. The zero-order valence-electron chi connectivity index (χ0n) is 24.0. The van der Waals surface area contributed by atoms with Gasteiger partial charge in [0.05, 0.1) is 24.4 Å². The smallest absolute Gasteiger partial charge is 0.256 e. The van der Waals surface area contributed by atoms with E-state index in [0.29, 0.717) is 50.6 Å². The molecule has 1 aliphatic heterocycles. The molecule has 1 aliphatic carbocycles. The molecule has 0 saturated carbocycles. The van der Waals surface area contributed by atoms with Gasteiger partial charge in [0.1, 0.15) is 5.56 Å². The van der Waals surface area contributed by atoms with Crippen LogP contribution in [0.1, 0.15) is 40.4 Å². The fourth-order valence-corrected chi connectivity index (χ4v) is 7.04. The van der Waals surface area contributed by atoms with Gasteiger partial charge < -0.3 is 19.9 Å². The summed E-state index contributed by atoms with van der Waals surface area (Å²) in [5.74, 6) is -0.119. The van der Waals surface area contributed by atoms with Gasteiger partial charge in [-0.25, -0.2) is 13.4 Å². The van der Waals surface area contributed by atoms with Crippen LogP contribution in [0.5, 0.6) is 0 Å². The molecule has 0 spiro atoms. The summed E-state index contributed by atoms with van der Waals surface area (Å²) >= 11 is 0. The first-order valence-electron chi connectivity index (χ1n) is 14.6. The average molecular weight is 603 g/mol. The Kier molecular flexibility index (Phi) is 8.24. The molecule has 43 heavy (non-hydrogen) atoms. The summed E-state index contributed by atoms with van der Waals surface area (Å²) in [5.41, 5.74) is 4.99. The van der Waals surface area contributed by atoms with E-state index in [1.807, 2.05) is 30.3 Å². The largest absolute Gasteiger partial charge is 0.379 e. The fourth-order valence-electron chi connectivity index (χ4n) is 5.58. The maximum absolute atomic E-state index is 13.3. The number of pyridine rings is 1. The van der Waals surface area contributed by atoms with Crippen LogP contribution < -0.4 is 16.1 Å². The van der Waals surface area contributed by atoms with Crippen molar-refractivity contribution < 1.29 is 17.9 Å². The Bertz CT molecular complexity index is 1830. The molecule has 0 unspecified atom stereocenters. The van der Waals surface area contributed by atoms with Gasteiger partial charge in [0, 0.05) is 43.4 Å². The number of aromatic nitrogens is 3. The molecule has 0 atom stereocenters. The number of morpholine rings is 1. The van der Waals surface area contributed by atoms with Crippen LogP contribution in [0, 0.1) is 0 Å². The molecular formula is C31H34N6O5S. The molecule has 11 nitrogen and oxygen atoms in total. The molecule has 6 rings (SSSR count). The molecule has 1 fully saturated rings. The van der Waals surface area contributed by atoms with Gasteiger partial charge in [-0.1, -0.05) is 18.2 Å². The number of benzene rings is 2. The molecule has 12 heteroatoms. The van der Waals surface area contributed by atoms with Gasteiger partial charge in [0.2, 0.25) is 21.4 Å². The van der Waals surface area contributed by atoms with E-state index in [1.165, 1.54) is 21.6 Å². The Morgan fingerprint density at radius 1 is 1.05 bits per heavy atom. The number of carbonyl (C=O) groups is 1. The minimum absolute atomic E-state index is 0.0328. The van der Waals surface area contributed by atoms with Crippen molar-refractivity contribution in [3.63, 3.8) is 0 Å². The number of hydrogen-bond acceptors (Lipinski definition) is 8. The Morgan fingerprint density at radius 2 is 1.81 bits per heavy atom. The second kappa shape index (κ2) is 12.2. The van der Waals surface area contributed by atoms with Crippen LogP contribution in [0.3, 0.4) is 0 Å². The molecule has 4 aromatic rings. The van der Waals surface area contributed by atoms with Crippen molar-refractivity contribution in [2.75, 3.05) is 43.9 Å². The van der Waals surface area contributed by atoms with E-state index >= 15 is 0 Å². The van der Waals surface area contributed by atoms with Gasteiger partial charge in [-0.3, -0.25) is 9.59 Å². The molecule has 1 saturated heterocycles. The van der Waals surface area contributed by atoms with E-state index in [4.69, 9.17) is 9.72 Å². The van der Waals surface area contributed by atoms with Gasteiger partial charge in [-0.2, -0.15) is 9.29 Å². The van der Waals surface area contributed by atoms with E-state index in [-0.39, 0.29) is 22.7 Å². The first kappa shape index (κ1) is 29.0. The van der Waals surface area contributed by atoms with Crippen LogP contribution in [0.25, 0.3) is 16.7 Å². The minimum Gasteiger partial charge on any atom is -0.379 e. The Balaban J connectivity index is 1.27. The molecule has 2 aromatic heterocycles. The monoisotopic (exact) mass is 602 g/mol. The number of aryl methyl sites for hydroxylation is 3. The van der Waals surface area contributed by atoms with Crippen molar-refractivity contribution in [1.82, 2.24) is 24.2 Å². The summed E-state index contributed by atoms with van der Waals surface area (Å²) in [6.07, 6.45) is 6.54. The molecule has 2 aliphatic rings. The molecule has 0 radical (unpaired) electrons. The van der Waals surface area contributed by atoms with E-state index in [1.54, 1.807) is 17.7 Å². The van der Waals surface area contributed by atoms with Crippen LogP contribution >= 0.6 is 0 Å². The minimum atomic E-state index is -3.34. The van der Waals surface area contributed by atoms with Crippen molar-refractivity contribution in [2.24, 2.45) is 0 Å². The highest BCUT2D eigenvalue weighted by atomic mass is 32.2. The van der Waals surface area contributed by atoms with Crippen molar-refractivity contribution in [2.45, 2.75) is 32.6 Å². The topological polar surface area (TPSA) is 136 Å². The Labute approximate surface area is 250 Å². The standard InChI is InChI=1S/C31H34N6O5S/c1-2-32-30(39)27-20-37(25-11-8-22-4-3-5-23(22)18-25)29-26(28(27)38)19-33-31(35-29)34-24-9-6-21(7-10-24)12-17-43(40,41)36-13-15-42-16-14-36/h6-11,18-20H,2-5,12-17H2,1H3,(H,32,39)(H,33,34,35). The number of amides is 1. The summed E-state index contributed by atoms with van der Waals surface area (Å²) in [6.45, 7) is 3.84. The Morgan fingerprint density at radius 3 is 2.58 bits per heavy atom. The zero-order chi connectivity index (χ0) is 30.0. The molecule has 3 heterocycles. The molecule has 2 aromatic carbocycles. The number of carbonyl (C=O) groups excluding carboxylic acids is 1. The summed E-state index contributed by atoms with van der Waals surface area (Å²) in [5, 5.41) is 6.15. The molecule has 0 bridgehead atoms. The predicted molar refractivity (Wildman–Crippen MR) is 165 cm³/mol. The highest BCUT2D eigenvalue weighted by Crippen LogP contribution is 2.26. The SMILES string of the molecule is CCNC(=O)c1cn(-c2ccc3c(c2)CCC3)c2nc(Nc3ccc(CCS(=O)(=O)N4CCOCC4)cc3)ncc2c1=O. The molecular weight excluding hydrogens is 568 g/mol. The number of nitrogens with zero attached hydrogens (tertiary/aromatic N) is 4. The third-order valence-corrected chi connectivity index (χ3v) is 9.78. The summed E-state index contributed by atoms with van der Waals surface area (Å²) in [4.78, 5) is 35.2. The van der Waals surface area contributed by atoms with Gasteiger partial charge in [0.15, 0.2) is 5.65 Å². The van der Waals surface area contributed by atoms with E-state index < -0.39 is 21.4 Å². The zero-order valence-corrected chi connectivity index (χ0v) is 24.8. The number of ether oxygens (including phenoxy) is 1. The average Bonchev–Trinajstić information content (AvgIpc) is 3.50. The lowest BCUT2D eigenvalue weighted by molar-refractivity contribution is 0.0730. The third-order valence-electron chi connectivity index (χ3n) is 7.91. The lowest BCUT2D eigenvalue weighted by Gasteiger charge is -2.26. The number of nitrogens with one attached hydrogen (secondary N) is 2. The van der Waals surface area contributed by atoms with E-state index in [2.05, 4.69) is 27.8 Å². The Hall–Kier alpha value is -4.13. The number of rotatable bonds is 9. The van der Waals surface area contributed by atoms with Crippen LogP contribution in [-0.4, -0.2) is 71.8 Å². The second-order valence-corrected chi connectivity index (χ2v) is 12.8. The first-order valence-corrected chi connectivity index (χ1v) is 16.2. The first-order chi connectivity index (χ1) is 20.8. The van der Waals surface area contributed by atoms with Crippen molar-refractivity contribution >= 4 is 38.6 Å². The van der Waals surface area contributed by atoms with Crippen molar-refractivity contribution in [1.29, 1.82) is 0 Å². The van der Waals surface area contributed by atoms with Gasteiger partial charge in [0.25, 0.3) is 5.91 Å².